The van der Waals surface area contributed by atoms with Crippen LogP contribution >= 0.6 is 0 Å². The van der Waals surface area contributed by atoms with E-state index in [9.17, 15) is 9.59 Å². The van der Waals surface area contributed by atoms with Crippen LogP contribution in [0.25, 0.3) is 0 Å². The second-order valence-corrected chi connectivity index (χ2v) is 10.4. The smallest absolute Gasteiger partial charge is 0.288 e. The zero-order valence-electron chi connectivity index (χ0n) is 18.8. The van der Waals surface area contributed by atoms with Crippen LogP contribution in [-0.4, -0.2) is 42.1 Å². The summed E-state index contributed by atoms with van der Waals surface area (Å²) in [6.45, 7) is 11.6. The maximum atomic E-state index is 12.6. The van der Waals surface area contributed by atoms with Gasteiger partial charge < -0.3 is 19.8 Å². The summed E-state index contributed by atoms with van der Waals surface area (Å²) in [4.78, 5) is 28.9. The molecule has 0 unspecified atom stereocenters. The SMILES string of the molecule is Cc1ncoc1C(=O)NCC[C@H]1OCC[C@@]23C[C@@H](C[C@H]12)C(C)(C)[C@@H]3NC(=O)C(C)C. The Morgan fingerprint density at radius 3 is 2.77 bits per heavy atom. The number of hydrogen-bond donors (Lipinski definition) is 2. The number of carbonyl (C=O) groups excluding carboxylic acids is 2. The Kier molecular flexibility index (Phi) is 5.45. The van der Waals surface area contributed by atoms with Gasteiger partial charge in [0.1, 0.15) is 0 Å². The Hall–Kier alpha value is -1.89. The van der Waals surface area contributed by atoms with E-state index in [1.807, 2.05) is 13.8 Å². The van der Waals surface area contributed by atoms with Crippen LogP contribution in [0.1, 0.15) is 69.6 Å². The number of nitrogens with one attached hydrogen (secondary N) is 2. The average Bonchev–Trinajstić information content (AvgIpc) is 3.34. The number of nitrogens with zero attached hydrogens (tertiary/aromatic N) is 1. The summed E-state index contributed by atoms with van der Waals surface area (Å²) in [6, 6.07) is 0.182. The molecule has 2 amide bonds. The fourth-order valence-corrected chi connectivity index (χ4v) is 6.43. The number of amides is 2. The van der Waals surface area contributed by atoms with Crippen molar-refractivity contribution >= 4 is 11.8 Å². The predicted octanol–water partition coefficient (Wildman–Crippen LogP) is 3.09. The molecule has 7 nitrogen and oxygen atoms in total. The minimum absolute atomic E-state index is 0.0137. The maximum Gasteiger partial charge on any atom is 0.288 e. The summed E-state index contributed by atoms with van der Waals surface area (Å²) >= 11 is 0. The van der Waals surface area contributed by atoms with Crippen molar-refractivity contribution in [1.82, 2.24) is 15.6 Å². The third-order valence-electron chi connectivity index (χ3n) is 8.10. The molecule has 1 aliphatic heterocycles. The first-order valence-electron chi connectivity index (χ1n) is 11.3. The van der Waals surface area contributed by atoms with E-state index in [1.54, 1.807) is 6.92 Å². The van der Waals surface area contributed by atoms with Crippen molar-refractivity contribution in [2.75, 3.05) is 13.2 Å². The van der Waals surface area contributed by atoms with Gasteiger partial charge in [-0.3, -0.25) is 9.59 Å². The van der Waals surface area contributed by atoms with Gasteiger partial charge in [0.25, 0.3) is 5.91 Å². The number of carbonyl (C=O) groups is 2. The van der Waals surface area contributed by atoms with Gasteiger partial charge in [-0.1, -0.05) is 27.7 Å². The van der Waals surface area contributed by atoms with Crippen molar-refractivity contribution in [3.05, 3.63) is 17.8 Å². The van der Waals surface area contributed by atoms with Crippen molar-refractivity contribution in [1.29, 1.82) is 0 Å². The lowest BCUT2D eigenvalue weighted by atomic mass is 9.59. The van der Waals surface area contributed by atoms with Crippen LogP contribution in [0, 0.1) is 35.5 Å². The normalized spacial score (nSPS) is 34.1. The Bertz CT molecular complexity index is 817. The van der Waals surface area contributed by atoms with Crippen LogP contribution in [0.2, 0.25) is 0 Å². The minimum Gasteiger partial charge on any atom is -0.438 e. The molecule has 3 fully saturated rings. The van der Waals surface area contributed by atoms with Crippen LogP contribution in [0.15, 0.2) is 10.8 Å². The molecule has 2 N–H and O–H groups in total. The van der Waals surface area contributed by atoms with Gasteiger partial charge in [0.05, 0.1) is 11.8 Å². The molecule has 2 saturated carbocycles. The first-order chi connectivity index (χ1) is 14.2. The molecule has 1 saturated heterocycles. The molecule has 0 aromatic carbocycles. The Labute approximate surface area is 178 Å². The van der Waals surface area contributed by atoms with E-state index in [4.69, 9.17) is 9.15 Å². The van der Waals surface area contributed by atoms with E-state index in [0.29, 0.717) is 30.7 Å². The number of rotatable bonds is 6. The molecule has 2 aliphatic carbocycles. The quantitative estimate of drug-likeness (QED) is 0.742. The third-order valence-corrected chi connectivity index (χ3v) is 8.10. The van der Waals surface area contributed by atoms with E-state index >= 15 is 0 Å². The highest BCUT2D eigenvalue weighted by molar-refractivity contribution is 5.92. The van der Waals surface area contributed by atoms with Gasteiger partial charge in [-0.15, -0.1) is 0 Å². The maximum absolute atomic E-state index is 12.6. The standard InChI is InChI=1S/C23H35N3O4/c1-13(2)19(27)26-21-22(4,5)15-10-16-17(29-9-7-23(16,21)11-15)6-8-24-20(28)18-14(3)25-12-30-18/h12-13,15-17,21H,6-11H2,1-5H3,(H,24,28)(H,26,27)/t15-,16-,17-,21+,23-/m1/s1. The number of fused-ring (bicyclic) bond motifs is 1. The van der Waals surface area contributed by atoms with Crippen LogP contribution < -0.4 is 10.6 Å². The van der Waals surface area contributed by atoms with Crippen LogP contribution in [0.3, 0.4) is 0 Å². The molecule has 2 bridgehead atoms. The highest BCUT2D eigenvalue weighted by Gasteiger charge is 2.68. The third kappa shape index (κ3) is 3.35. The molecule has 30 heavy (non-hydrogen) atoms. The lowest BCUT2D eigenvalue weighted by Gasteiger charge is -2.53. The Morgan fingerprint density at radius 2 is 2.10 bits per heavy atom. The van der Waals surface area contributed by atoms with Crippen molar-refractivity contribution in [2.24, 2.45) is 28.6 Å². The van der Waals surface area contributed by atoms with Crippen molar-refractivity contribution < 1.29 is 18.7 Å². The molecule has 1 aromatic rings. The fraction of sp³-hybridized carbons (Fsp3) is 0.783. The van der Waals surface area contributed by atoms with Gasteiger partial charge in [0.15, 0.2) is 6.39 Å². The Morgan fingerprint density at radius 1 is 1.33 bits per heavy atom. The molecule has 2 heterocycles. The van der Waals surface area contributed by atoms with Crippen LogP contribution in [-0.2, 0) is 9.53 Å². The van der Waals surface area contributed by atoms with Crippen molar-refractivity contribution in [3.63, 3.8) is 0 Å². The van der Waals surface area contributed by atoms with Crippen LogP contribution in [0.4, 0.5) is 0 Å². The molecular formula is C23H35N3O4. The van der Waals surface area contributed by atoms with Crippen LogP contribution in [0.5, 0.6) is 0 Å². The summed E-state index contributed by atoms with van der Waals surface area (Å²) in [6.07, 6.45) is 5.47. The molecule has 3 aliphatic rings. The van der Waals surface area contributed by atoms with Gasteiger partial charge in [-0.2, -0.15) is 0 Å². The minimum atomic E-state index is -0.230. The summed E-state index contributed by atoms with van der Waals surface area (Å²) in [5.41, 5.74) is 0.799. The first-order valence-corrected chi connectivity index (χ1v) is 11.3. The van der Waals surface area contributed by atoms with E-state index < -0.39 is 0 Å². The predicted molar refractivity (Wildman–Crippen MR) is 112 cm³/mol. The molecule has 166 valence electrons. The molecule has 1 spiro atoms. The molecule has 0 radical (unpaired) electrons. The van der Waals surface area contributed by atoms with Gasteiger partial charge in [0, 0.05) is 25.1 Å². The number of aromatic nitrogens is 1. The van der Waals surface area contributed by atoms with E-state index in [0.717, 1.165) is 25.7 Å². The second kappa shape index (κ2) is 7.66. The topological polar surface area (TPSA) is 93.5 Å². The lowest BCUT2D eigenvalue weighted by Crippen LogP contribution is -2.60. The van der Waals surface area contributed by atoms with Crippen molar-refractivity contribution in [3.8, 4) is 0 Å². The molecule has 4 rings (SSSR count). The summed E-state index contributed by atoms with van der Waals surface area (Å²) < 4.78 is 11.4. The average molecular weight is 418 g/mol. The fourth-order valence-electron chi connectivity index (χ4n) is 6.43. The monoisotopic (exact) mass is 417 g/mol. The first kappa shape index (κ1) is 21.3. The van der Waals surface area contributed by atoms with Gasteiger partial charge in [-0.25, -0.2) is 4.98 Å². The molecule has 7 heteroatoms. The van der Waals surface area contributed by atoms with Crippen molar-refractivity contribution in [2.45, 2.75) is 72.4 Å². The van der Waals surface area contributed by atoms with Gasteiger partial charge in [0.2, 0.25) is 11.7 Å². The molecular weight excluding hydrogens is 382 g/mol. The zero-order chi connectivity index (χ0) is 21.7. The van der Waals surface area contributed by atoms with Gasteiger partial charge in [-0.05, 0) is 55.3 Å². The summed E-state index contributed by atoms with van der Waals surface area (Å²) in [7, 11) is 0. The molecule has 1 aromatic heterocycles. The van der Waals surface area contributed by atoms with E-state index in [-0.39, 0.29) is 46.5 Å². The summed E-state index contributed by atoms with van der Waals surface area (Å²) in [5.74, 6) is 1.19. The zero-order valence-corrected chi connectivity index (χ0v) is 18.8. The summed E-state index contributed by atoms with van der Waals surface area (Å²) in [5, 5.41) is 6.37. The number of oxazole rings is 1. The van der Waals surface area contributed by atoms with E-state index in [2.05, 4.69) is 29.5 Å². The number of ether oxygens (including phenoxy) is 1. The molecule has 5 atom stereocenters. The highest BCUT2D eigenvalue weighted by Crippen LogP contribution is 2.68. The van der Waals surface area contributed by atoms with E-state index in [1.165, 1.54) is 6.39 Å². The second-order valence-electron chi connectivity index (χ2n) is 10.4. The van der Waals surface area contributed by atoms with Gasteiger partial charge >= 0.3 is 0 Å². The largest absolute Gasteiger partial charge is 0.438 e. The highest BCUT2D eigenvalue weighted by atomic mass is 16.5. The number of hydrogen-bond acceptors (Lipinski definition) is 5. The lowest BCUT2D eigenvalue weighted by molar-refractivity contribution is -0.138. The number of aryl methyl sites for hydroxylation is 1. The Balaban J connectivity index is 1.44.